The van der Waals surface area contributed by atoms with Crippen LogP contribution in [0.4, 0.5) is 4.39 Å². The van der Waals surface area contributed by atoms with Gasteiger partial charge in [0, 0.05) is 10.0 Å². The van der Waals surface area contributed by atoms with Gasteiger partial charge in [0.05, 0.1) is 12.7 Å². The molecule has 2 rings (SSSR count). The summed E-state index contributed by atoms with van der Waals surface area (Å²) in [5.74, 6) is -1.75. The van der Waals surface area contributed by atoms with E-state index < -0.39 is 18.4 Å². The van der Waals surface area contributed by atoms with Crippen LogP contribution in [0.1, 0.15) is 20.7 Å². The maximum atomic E-state index is 13.5. The van der Waals surface area contributed by atoms with Crippen LogP contribution in [0.25, 0.3) is 0 Å². The number of halogens is 2. The molecule has 4 nitrogen and oxygen atoms in total. The largest absolute Gasteiger partial charge is 0.494 e. The minimum atomic E-state index is -0.771. The second-order valence-corrected chi connectivity index (χ2v) is 5.27. The molecule has 0 aromatic heterocycles. The van der Waals surface area contributed by atoms with Crippen molar-refractivity contribution in [2.45, 2.75) is 0 Å². The zero-order valence-electron chi connectivity index (χ0n) is 11.6. The van der Waals surface area contributed by atoms with Crippen LogP contribution in [-0.2, 0) is 4.74 Å². The first kappa shape index (κ1) is 16.2. The molecule has 0 aliphatic carbocycles. The molecule has 0 radical (unpaired) electrons. The van der Waals surface area contributed by atoms with Crippen LogP contribution >= 0.6 is 15.9 Å². The molecule has 0 bridgehead atoms. The van der Waals surface area contributed by atoms with Crippen LogP contribution < -0.4 is 4.74 Å². The third kappa shape index (κ3) is 3.92. The van der Waals surface area contributed by atoms with Gasteiger partial charge in [0.2, 0.25) is 0 Å². The first-order valence-corrected chi connectivity index (χ1v) is 7.10. The molecule has 2 aromatic carbocycles. The molecule has 114 valence electrons. The average Bonchev–Trinajstić information content (AvgIpc) is 2.52. The standard InChI is InChI=1S/C16H12BrFO4/c1-21-15-7-4-11(8-13(15)18)16(20)22-9-14(19)10-2-5-12(17)6-3-10/h2-8H,9H2,1H3. The Morgan fingerprint density at radius 2 is 1.73 bits per heavy atom. The van der Waals surface area contributed by atoms with Crippen molar-refractivity contribution in [3.63, 3.8) is 0 Å². The van der Waals surface area contributed by atoms with Gasteiger partial charge in [-0.15, -0.1) is 0 Å². The van der Waals surface area contributed by atoms with E-state index in [1.165, 1.54) is 19.2 Å². The van der Waals surface area contributed by atoms with Crippen LogP contribution in [0.3, 0.4) is 0 Å². The summed E-state index contributed by atoms with van der Waals surface area (Å²) < 4.78 is 24.0. The van der Waals surface area contributed by atoms with E-state index >= 15 is 0 Å². The van der Waals surface area contributed by atoms with Gasteiger partial charge in [0.25, 0.3) is 0 Å². The molecule has 0 atom stereocenters. The third-order valence-corrected chi connectivity index (χ3v) is 3.42. The third-order valence-electron chi connectivity index (χ3n) is 2.89. The van der Waals surface area contributed by atoms with Gasteiger partial charge in [-0.05, 0) is 30.3 Å². The summed E-state index contributed by atoms with van der Waals surface area (Å²) in [7, 11) is 1.33. The van der Waals surface area contributed by atoms with Crippen molar-refractivity contribution in [3.05, 3.63) is 63.9 Å². The highest BCUT2D eigenvalue weighted by atomic mass is 79.9. The van der Waals surface area contributed by atoms with E-state index in [4.69, 9.17) is 9.47 Å². The van der Waals surface area contributed by atoms with Crippen molar-refractivity contribution in [1.82, 2.24) is 0 Å². The van der Waals surface area contributed by atoms with Crippen LogP contribution in [0.15, 0.2) is 46.9 Å². The number of ether oxygens (including phenoxy) is 2. The minimum absolute atomic E-state index is 0.0157. The Kier molecular flexibility index (Phi) is 5.27. The average molecular weight is 367 g/mol. The summed E-state index contributed by atoms with van der Waals surface area (Å²) in [4.78, 5) is 23.7. The maximum absolute atomic E-state index is 13.5. The van der Waals surface area contributed by atoms with Crippen molar-refractivity contribution in [3.8, 4) is 5.75 Å². The number of Topliss-reactive ketones (excluding diaryl/α,β-unsaturated/α-hetero) is 1. The van der Waals surface area contributed by atoms with Crippen LogP contribution in [-0.4, -0.2) is 25.5 Å². The number of hydrogen-bond donors (Lipinski definition) is 0. The number of carbonyl (C=O) groups excluding carboxylic acids is 2. The lowest BCUT2D eigenvalue weighted by Crippen LogP contribution is -2.14. The van der Waals surface area contributed by atoms with Gasteiger partial charge in [-0.1, -0.05) is 28.1 Å². The smallest absolute Gasteiger partial charge is 0.338 e. The normalized spacial score (nSPS) is 10.1. The topological polar surface area (TPSA) is 52.6 Å². The highest BCUT2D eigenvalue weighted by Gasteiger charge is 2.14. The molecule has 0 amide bonds. The molecule has 0 N–H and O–H groups in total. The van der Waals surface area contributed by atoms with Gasteiger partial charge in [0.15, 0.2) is 24.0 Å². The summed E-state index contributed by atoms with van der Waals surface area (Å²) in [6.07, 6.45) is 0. The summed E-state index contributed by atoms with van der Waals surface area (Å²) in [5.41, 5.74) is 0.443. The SMILES string of the molecule is COc1ccc(C(=O)OCC(=O)c2ccc(Br)cc2)cc1F. The predicted octanol–water partition coefficient (Wildman–Crippen LogP) is 3.64. The maximum Gasteiger partial charge on any atom is 0.338 e. The number of benzene rings is 2. The van der Waals surface area contributed by atoms with Gasteiger partial charge in [0.1, 0.15) is 0 Å². The quantitative estimate of drug-likeness (QED) is 0.598. The highest BCUT2D eigenvalue weighted by Crippen LogP contribution is 2.18. The molecule has 0 spiro atoms. The molecule has 0 fully saturated rings. The Morgan fingerprint density at radius 3 is 2.32 bits per heavy atom. The summed E-state index contributed by atoms with van der Waals surface area (Å²) in [5, 5.41) is 0. The van der Waals surface area contributed by atoms with Gasteiger partial charge in [-0.3, -0.25) is 4.79 Å². The molecule has 0 saturated heterocycles. The Bertz CT molecular complexity index is 698. The number of methoxy groups -OCH3 is 1. The van der Waals surface area contributed by atoms with Gasteiger partial charge in [-0.25, -0.2) is 9.18 Å². The van der Waals surface area contributed by atoms with Crippen molar-refractivity contribution in [2.75, 3.05) is 13.7 Å². The fraction of sp³-hybridized carbons (Fsp3) is 0.125. The summed E-state index contributed by atoms with van der Waals surface area (Å²) >= 11 is 3.26. The van der Waals surface area contributed by atoms with E-state index in [0.717, 1.165) is 10.5 Å². The minimum Gasteiger partial charge on any atom is -0.494 e. The van der Waals surface area contributed by atoms with Crippen molar-refractivity contribution < 1.29 is 23.5 Å². The summed E-state index contributed by atoms with van der Waals surface area (Å²) in [6.45, 7) is -0.409. The van der Waals surface area contributed by atoms with Crippen LogP contribution in [0, 0.1) is 5.82 Å². The first-order chi connectivity index (χ1) is 10.5. The lowest BCUT2D eigenvalue weighted by Gasteiger charge is -2.06. The van der Waals surface area contributed by atoms with E-state index in [1.807, 2.05) is 0 Å². The van der Waals surface area contributed by atoms with E-state index in [1.54, 1.807) is 24.3 Å². The van der Waals surface area contributed by atoms with E-state index in [-0.39, 0.29) is 17.1 Å². The Hall–Kier alpha value is -2.21. The fourth-order valence-electron chi connectivity index (χ4n) is 1.73. The van der Waals surface area contributed by atoms with E-state index in [2.05, 4.69) is 15.9 Å². The molecule has 22 heavy (non-hydrogen) atoms. The monoisotopic (exact) mass is 366 g/mol. The van der Waals surface area contributed by atoms with Gasteiger partial charge < -0.3 is 9.47 Å². The number of rotatable bonds is 5. The summed E-state index contributed by atoms with van der Waals surface area (Å²) in [6, 6.07) is 10.4. The van der Waals surface area contributed by atoms with Crippen LogP contribution in [0.5, 0.6) is 5.75 Å². The lowest BCUT2D eigenvalue weighted by atomic mass is 10.1. The lowest BCUT2D eigenvalue weighted by molar-refractivity contribution is 0.0474. The molecule has 0 aliphatic heterocycles. The Balaban J connectivity index is 1.99. The Morgan fingerprint density at radius 1 is 1.09 bits per heavy atom. The number of esters is 1. The zero-order valence-corrected chi connectivity index (χ0v) is 13.2. The second-order valence-electron chi connectivity index (χ2n) is 4.36. The highest BCUT2D eigenvalue weighted by molar-refractivity contribution is 9.10. The fourth-order valence-corrected chi connectivity index (χ4v) is 1.99. The predicted molar refractivity (Wildman–Crippen MR) is 81.7 cm³/mol. The molecular weight excluding hydrogens is 355 g/mol. The van der Waals surface area contributed by atoms with Crippen molar-refractivity contribution in [1.29, 1.82) is 0 Å². The molecule has 0 heterocycles. The van der Waals surface area contributed by atoms with Gasteiger partial charge >= 0.3 is 5.97 Å². The number of hydrogen-bond acceptors (Lipinski definition) is 4. The Labute approximate surface area is 135 Å². The number of ketones is 1. The molecule has 6 heteroatoms. The molecule has 0 saturated carbocycles. The first-order valence-electron chi connectivity index (χ1n) is 6.30. The van der Waals surface area contributed by atoms with E-state index in [0.29, 0.717) is 5.56 Å². The number of carbonyl (C=O) groups is 2. The zero-order chi connectivity index (χ0) is 16.1. The van der Waals surface area contributed by atoms with Gasteiger partial charge in [-0.2, -0.15) is 0 Å². The van der Waals surface area contributed by atoms with Crippen molar-refractivity contribution in [2.24, 2.45) is 0 Å². The van der Waals surface area contributed by atoms with Crippen LogP contribution in [0.2, 0.25) is 0 Å². The molecule has 2 aromatic rings. The molecule has 0 unspecified atom stereocenters. The second kappa shape index (κ2) is 7.17. The van der Waals surface area contributed by atoms with Crippen molar-refractivity contribution >= 4 is 27.7 Å². The molecule has 0 aliphatic rings. The molecular formula is C16H12BrFO4. The van der Waals surface area contributed by atoms with E-state index in [9.17, 15) is 14.0 Å².